The third kappa shape index (κ3) is 9.09. The van der Waals surface area contributed by atoms with Crippen molar-refractivity contribution in [3.63, 3.8) is 0 Å². The van der Waals surface area contributed by atoms with Crippen LogP contribution in [0.3, 0.4) is 0 Å². The molecule has 7 nitrogen and oxygen atoms in total. The molecule has 2 unspecified atom stereocenters. The van der Waals surface area contributed by atoms with Gasteiger partial charge < -0.3 is 9.47 Å². The number of guanidine groups is 1. The van der Waals surface area contributed by atoms with Crippen molar-refractivity contribution >= 4 is 30.2 Å². The standard InChI is InChI=1S/C23H30ClN5O2/c1-5-17(3)30-21-11-7-19(8-12-21)15-25-28-23(27-24)29-26-16-20-9-13-22(14-10-20)31-18(4)6-2/h7-18H,5-6H2,1-4H3,(H2,27,28,29)/b25-15+,26-16+. The number of ether oxygens (including phenoxy) is 2. The quantitative estimate of drug-likeness (QED) is 0.304. The van der Waals surface area contributed by atoms with E-state index in [-0.39, 0.29) is 18.2 Å². The second kappa shape index (κ2) is 13.3. The maximum absolute atomic E-state index is 5.76. The topological polar surface area (TPSA) is 79.6 Å². The van der Waals surface area contributed by atoms with Crippen LogP contribution in [0.5, 0.6) is 11.5 Å². The van der Waals surface area contributed by atoms with Crippen molar-refractivity contribution in [1.29, 1.82) is 0 Å². The van der Waals surface area contributed by atoms with Crippen LogP contribution in [0.1, 0.15) is 51.7 Å². The average molecular weight is 444 g/mol. The predicted octanol–water partition coefficient (Wildman–Crippen LogP) is 5.10. The molecule has 0 radical (unpaired) electrons. The summed E-state index contributed by atoms with van der Waals surface area (Å²) in [7, 11) is 0. The van der Waals surface area contributed by atoms with Gasteiger partial charge in [-0.1, -0.05) is 13.8 Å². The molecular weight excluding hydrogens is 414 g/mol. The number of halogens is 1. The van der Waals surface area contributed by atoms with Gasteiger partial charge in [0.15, 0.2) is 0 Å². The molecule has 0 aliphatic heterocycles. The fraction of sp³-hybridized carbons (Fsp3) is 0.348. The van der Waals surface area contributed by atoms with Crippen molar-refractivity contribution in [1.82, 2.24) is 10.9 Å². The molecule has 0 fully saturated rings. The van der Waals surface area contributed by atoms with E-state index in [1.54, 1.807) is 12.4 Å². The smallest absolute Gasteiger partial charge is 0.250 e. The molecule has 0 heterocycles. The molecule has 2 N–H and O–H groups in total. The van der Waals surface area contributed by atoms with Crippen LogP contribution in [0, 0.1) is 0 Å². The summed E-state index contributed by atoms with van der Waals surface area (Å²) in [5, 5.41) is 8.22. The van der Waals surface area contributed by atoms with Crippen LogP contribution in [0.25, 0.3) is 0 Å². The summed E-state index contributed by atoms with van der Waals surface area (Å²) in [6.45, 7) is 8.26. The Balaban J connectivity index is 1.81. The molecule has 0 amide bonds. The number of hydrogen-bond donors (Lipinski definition) is 2. The summed E-state index contributed by atoms with van der Waals surface area (Å²) in [6.07, 6.45) is 5.59. The highest BCUT2D eigenvalue weighted by molar-refractivity contribution is 6.19. The normalized spacial score (nSPS) is 13.1. The van der Waals surface area contributed by atoms with Gasteiger partial charge in [0, 0.05) is 11.8 Å². The van der Waals surface area contributed by atoms with E-state index < -0.39 is 0 Å². The highest BCUT2D eigenvalue weighted by Gasteiger charge is 2.01. The summed E-state index contributed by atoms with van der Waals surface area (Å²) in [5.41, 5.74) is 7.22. The predicted molar refractivity (Wildman–Crippen MR) is 128 cm³/mol. The zero-order valence-corrected chi connectivity index (χ0v) is 19.1. The highest BCUT2D eigenvalue weighted by Crippen LogP contribution is 2.15. The molecule has 0 saturated carbocycles. The molecule has 31 heavy (non-hydrogen) atoms. The van der Waals surface area contributed by atoms with Crippen molar-refractivity contribution < 1.29 is 9.47 Å². The first-order valence-corrected chi connectivity index (χ1v) is 10.7. The van der Waals surface area contributed by atoms with E-state index in [2.05, 4.69) is 39.4 Å². The minimum atomic E-state index is 0.186. The number of nitrogens with one attached hydrogen (secondary N) is 2. The molecule has 0 aromatic heterocycles. The van der Waals surface area contributed by atoms with E-state index in [0.29, 0.717) is 0 Å². The van der Waals surface area contributed by atoms with Crippen molar-refractivity contribution in [2.45, 2.75) is 52.7 Å². The summed E-state index contributed by atoms with van der Waals surface area (Å²) < 4.78 is 15.1. The Hall–Kier alpha value is -3.06. The van der Waals surface area contributed by atoms with Crippen LogP contribution in [-0.2, 0) is 0 Å². The van der Waals surface area contributed by atoms with Gasteiger partial charge in [0.2, 0.25) is 5.96 Å². The Morgan fingerprint density at radius 1 is 0.806 bits per heavy atom. The molecule has 2 aromatic rings. The largest absolute Gasteiger partial charge is 0.491 e. The second-order valence-electron chi connectivity index (χ2n) is 6.98. The fourth-order valence-corrected chi connectivity index (χ4v) is 2.37. The molecule has 0 spiro atoms. The average Bonchev–Trinajstić information content (AvgIpc) is 2.80. The van der Waals surface area contributed by atoms with Gasteiger partial charge >= 0.3 is 0 Å². The number of hydrogen-bond acceptors (Lipinski definition) is 5. The van der Waals surface area contributed by atoms with Crippen LogP contribution in [-0.4, -0.2) is 30.6 Å². The lowest BCUT2D eigenvalue weighted by molar-refractivity contribution is 0.217. The molecule has 2 aromatic carbocycles. The SMILES string of the molecule is CCC(C)Oc1ccc(/C=N/NC(=NCl)N/N=C/c2ccc(OC(C)CC)cc2)cc1. The molecule has 2 atom stereocenters. The summed E-state index contributed by atoms with van der Waals surface area (Å²) in [6, 6.07) is 15.3. The van der Waals surface area contributed by atoms with Crippen LogP contribution in [0.2, 0.25) is 0 Å². The van der Waals surface area contributed by atoms with Gasteiger partial charge in [0.25, 0.3) is 0 Å². The minimum Gasteiger partial charge on any atom is -0.491 e. The van der Waals surface area contributed by atoms with Crippen molar-refractivity contribution in [2.24, 2.45) is 14.7 Å². The molecule has 0 aliphatic rings. The van der Waals surface area contributed by atoms with E-state index in [1.165, 1.54) is 0 Å². The Labute approximate surface area is 189 Å². The number of hydrazone groups is 2. The van der Waals surface area contributed by atoms with Gasteiger partial charge in [0.05, 0.1) is 24.6 Å². The second-order valence-corrected chi connectivity index (χ2v) is 7.15. The molecule has 8 heteroatoms. The van der Waals surface area contributed by atoms with Gasteiger partial charge in [-0.3, -0.25) is 0 Å². The van der Waals surface area contributed by atoms with E-state index >= 15 is 0 Å². The molecule has 0 bridgehead atoms. The fourth-order valence-electron chi connectivity index (χ4n) is 2.29. The summed E-state index contributed by atoms with van der Waals surface area (Å²) >= 11 is 5.58. The van der Waals surface area contributed by atoms with Gasteiger partial charge in [-0.05, 0) is 86.3 Å². The minimum absolute atomic E-state index is 0.186. The first-order valence-electron chi connectivity index (χ1n) is 10.3. The van der Waals surface area contributed by atoms with Crippen LogP contribution in [0.4, 0.5) is 0 Å². The number of nitrogens with zero attached hydrogens (tertiary/aromatic N) is 3. The van der Waals surface area contributed by atoms with Crippen molar-refractivity contribution in [2.75, 3.05) is 0 Å². The van der Waals surface area contributed by atoms with Crippen molar-refractivity contribution in [3.05, 3.63) is 59.7 Å². The molecule has 166 valence electrons. The first kappa shape index (κ1) is 24.2. The van der Waals surface area contributed by atoms with Crippen LogP contribution < -0.4 is 20.3 Å². The summed E-state index contributed by atoms with van der Waals surface area (Å²) in [4.78, 5) is 0. The van der Waals surface area contributed by atoms with Crippen LogP contribution in [0.15, 0.2) is 63.2 Å². The Morgan fingerprint density at radius 2 is 1.19 bits per heavy atom. The van der Waals surface area contributed by atoms with Gasteiger partial charge in [-0.15, -0.1) is 4.51 Å². The maximum atomic E-state index is 5.76. The molecular formula is C23H30ClN5O2. The number of rotatable bonds is 10. The van der Waals surface area contributed by atoms with E-state index in [0.717, 1.165) is 35.5 Å². The maximum Gasteiger partial charge on any atom is 0.250 e. The Morgan fingerprint density at radius 3 is 1.52 bits per heavy atom. The monoisotopic (exact) mass is 443 g/mol. The molecule has 0 saturated heterocycles. The lowest BCUT2D eigenvalue weighted by atomic mass is 10.2. The Kier molecular flexibility index (Phi) is 10.4. The third-order valence-electron chi connectivity index (χ3n) is 4.44. The molecule has 0 aliphatic carbocycles. The lowest BCUT2D eigenvalue weighted by Crippen LogP contribution is -2.30. The van der Waals surface area contributed by atoms with Gasteiger partial charge in [0.1, 0.15) is 11.5 Å². The van der Waals surface area contributed by atoms with E-state index in [1.807, 2.05) is 62.4 Å². The van der Waals surface area contributed by atoms with Gasteiger partial charge in [-0.25, -0.2) is 10.9 Å². The first-order chi connectivity index (χ1) is 15.0. The van der Waals surface area contributed by atoms with E-state index in [4.69, 9.17) is 21.3 Å². The molecule has 2 rings (SSSR count). The lowest BCUT2D eigenvalue weighted by Gasteiger charge is -2.12. The zero-order valence-electron chi connectivity index (χ0n) is 18.4. The van der Waals surface area contributed by atoms with Crippen molar-refractivity contribution in [3.8, 4) is 11.5 Å². The van der Waals surface area contributed by atoms with E-state index in [9.17, 15) is 0 Å². The highest BCUT2D eigenvalue weighted by atomic mass is 35.5. The zero-order chi connectivity index (χ0) is 22.5. The number of benzene rings is 2. The Bertz CT molecular complexity index is 797. The van der Waals surface area contributed by atoms with Crippen LogP contribution >= 0.6 is 11.8 Å². The third-order valence-corrected chi connectivity index (χ3v) is 4.61. The van der Waals surface area contributed by atoms with Gasteiger partial charge in [-0.2, -0.15) is 10.2 Å². The summed E-state index contributed by atoms with van der Waals surface area (Å²) in [5.74, 6) is 1.86.